The monoisotopic (exact) mass is 388 g/mol. The van der Waals surface area contributed by atoms with E-state index in [0.29, 0.717) is 22.4 Å². The first-order chi connectivity index (χ1) is 13.1. The molecule has 142 valence electrons. The number of benzene rings is 2. The van der Waals surface area contributed by atoms with Gasteiger partial charge in [0.05, 0.1) is 28.2 Å². The highest BCUT2D eigenvalue weighted by Gasteiger charge is 2.22. The maximum atomic E-state index is 13.7. The summed E-state index contributed by atoms with van der Waals surface area (Å²) < 4.78 is 15.2. The average Bonchev–Trinajstić information content (AvgIpc) is 2.68. The molecule has 1 aromatic heterocycles. The Kier molecular flexibility index (Phi) is 6.24. The predicted octanol–water partition coefficient (Wildman–Crippen LogP) is 3.99. The van der Waals surface area contributed by atoms with E-state index in [2.05, 4.69) is 19.2 Å². The van der Waals surface area contributed by atoms with E-state index in [1.807, 2.05) is 18.2 Å². The van der Waals surface area contributed by atoms with Gasteiger partial charge in [-0.3, -0.25) is 9.36 Å². The van der Waals surface area contributed by atoms with Gasteiger partial charge in [-0.05, 0) is 36.8 Å². The normalized spacial score (nSPS) is 12.4. The summed E-state index contributed by atoms with van der Waals surface area (Å²) in [5.41, 5.74) is 1.03. The molecule has 1 heterocycles. The van der Waals surface area contributed by atoms with Crippen LogP contribution in [0.3, 0.4) is 0 Å². The molecule has 2 N–H and O–H groups in total. The summed E-state index contributed by atoms with van der Waals surface area (Å²) in [6.07, 6.45) is 3.03. The van der Waals surface area contributed by atoms with E-state index in [4.69, 9.17) is 16.6 Å². The van der Waals surface area contributed by atoms with Gasteiger partial charge in [-0.2, -0.15) is 0 Å². The molecule has 4 nitrogen and oxygen atoms in total. The Morgan fingerprint density at radius 2 is 2.00 bits per heavy atom. The first kappa shape index (κ1) is 19.5. The molecular weight excluding hydrogens is 365 g/mol. The number of para-hydroxylation sites is 1. The molecule has 0 aliphatic rings. The lowest BCUT2D eigenvalue weighted by Gasteiger charge is -2.19. The number of quaternary nitrogens is 1. The molecule has 0 unspecified atom stereocenters. The lowest BCUT2D eigenvalue weighted by atomic mass is 10.1. The van der Waals surface area contributed by atoms with Crippen LogP contribution in [0.4, 0.5) is 4.39 Å². The first-order valence-electron chi connectivity index (χ1n) is 9.37. The van der Waals surface area contributed by atoms with Crippen LogP contribution in [0, 0.1) is 5.82 Å². The highest BCUT2D eigenvalue weighted by atomic mass is 35.5. The Hall–Kier alpha value is -2.24. The number of rotatable bonds is 7. The van der Waals surface area contributed by atoms with Gasteiger partial charge in [0.2, 0.25) is 0 Å². The van der Waals surface area contributed by atoms with Gasteiger partial charge in [0.15, 0.2) is 5.82 Å². The number of nitrogens with two attached hydrogens (primary N) is 1. The number of nitrogens with zero attached hydrogens (tertiary/aromatic N) is 2. The highest BCUT2D eigenvalue weighted by Crippen LogP contribution is 2.22. The Bertz CT molecular complexity index is 1000. The summed E-state index contributed by atoms with van der Waals surface area (Å²) in [6.45, 7) is 5.19. The van der Waals surface area contributed by atoms with Gasteiger partial charge in [0.25, 0.3) is 5.56 Å². The minimum Gasteiger partial charge on any atom is -0.338 e. The number of hydrogen-bond acceptors (Lipinski definition) is 2. The molecule has 3 rings (SSSR count). The molecule has 0 aliphatic heterocycles. The van der Waals surface area contributed by atoms with Crippen LogP contribution >= 0.6 is 11.6 Å². The summed E-state index contributed by atoms with van der Waals surface area (Å²) in [5, 5.41) is 2.74. The highest BCUT2D eigenvalue weighted by molar-refractivity contribution is 6.30. The van der Waals surface area contributed by atoms with Crippen molar-refractivity contribution in [3.05, 3.63) is 69.5 Å². The standard InChI is InChI=1S/C21H23ClFN3O/c1-3-5-12-24-18(4-2)20-25-19-9-7-6-8-15(19)21(27)26(20)14-10-11-17(23)16(22)13-14/h6-11,13,18,24H,3-5,12H2,1-2H3/p+1/t18-/m0/s1. The fraction of sp³-hybridized carbons (Fsp3) is 0.333. The molecule has 0 amide bonds. The van der Waals surface area contributed by atoms with Gasteiger partial charge >= 0.3 is 0 Å². The molecule has 0 radical (unpaired) electrons. The Morgan fingerprint density at radius 1 is 1.22 bits per heavy atom. The summed E-state index contributed by atoms with van der Waals surface area (Å²) in [4.78, 5) is 18.1. The molecule has 0 saturated heterocycles. The van der Waals surface area contributed by atoms with Gasteiger partial charge in [0, 0.05) is 6.42 Å². The predicted molar refractivity (Wildman–Crippen MR) is 107 cm³/mol. The van der Waals surface area contributed by atoms with E-state index in [9.17, 15) is 9.18 Å². The molecule has 0 saturated carbocycles. The zero-order valence-corrected chi connectivity index (χ0v) is 16.3. The SMILES string of the molecule is CCCC[NH2+][C@@H](CC)c1nc2ccccc2c(=O)n1-c1ccc(F)c(Cl)c1. The topological polar surface area (TPSA) is 51.5 Å². The van der Waals surface area contributed by atoms with Crippen LogP contribution in [0.1, 0.15) is 45.0 Å². The maximum absolute atomic E-state index is 13.7. The van der Waals surface area contributed by atoms with E-state index in [1.54, 1.807) is 16.7 Å². The molecule has 0 aliphatic carbocycles. The maximum Gasteiger partial charge on any atom is 0.266 e. The molecule has 6 heteroatoms. The summed E-state index contributed by atoms with van der Waals surface area (Å²) >= 11 is 5.98. The van der Waals surface area contributed by atoms with Crippen LogP contribution < -0.4 is 10.9 Å². The number of hydrogen-bond donors (Lipinski definition) is 1. The second-order valence-corrected chi connectivity index (χ2v) is 7.03. The summed E-state index contributed by atoms with van der Waals surface area (Å²) in [5.74, 6) is 0.158. The summed E-state index contributed by atoms with van der Waals surface area (Å²) in [6, 6.07) is 11.7. The van der Waals surface area contributed by atoms with E-state index in [1.165, 1.54) is 12.1 Å². The molecule has 2 aromatic carbocycles. The van der Waals surface area contributed by atoms with Crippen molar-refractivity contribution < 1.29 is 9.71 Å². The third-order valence-corrected chi connectivity index (χ3v) is 5.03. The van der Waals surface area contributed by atoms with Crippen LogP contribution in [0.2, 0.25) is 5.02 Å². The lowest BCUT2D eigenvalue weighted by Crippen LogP contribution is -2.85. The zero-order chi connectivity index (χ0) is 19.4. The van der Waals surface area contributed by atoms with Crippen molar-refractivity contribution in [2.75, 3.05) is 6.54 Å². The minimum atomic E-state index is -0.509. The molecule has 0 fully saturated rings. The number of unbranched alkanes of at least 4 members (excludes halogenated alkanes) is 1. The zero-order valence-electron chi connectivity index (χ0n) is 15.6. The number of fused-ring (bicyclic) bond motifs is 1. The Balaban J connectivity index is 2.23. The van der Waals surface area contributed by atoms with Gasteiger partial charge in [-0.1, -0.05) is 44.0 Å². The molecular formula is C21H24ClFN3O+. The Labute approximate surface area is 163 Å². The van der Waals surface area contributed by atoms with Gasteiger partial charge < -0.3 is 5.32 Å². The van der Waals surface area contributed by atoms with Crippen molar-refractivity contribution in [2.24, 2.45) is 0 Å². The van der Waals surface area contributed by atoms with Crippen molar-refractivity contribution in [1.29, 1.82) is 0 Å². The van der Waals surface area contributed by atoms with Crippen LogP contribution in [0.15, 0.2) is 47.3 Å². The molecule has 0 bridgehead atoms. The van der Waals surface area contributed by atoms with E-state index < -0.39 is 5.82 Å². The molecule has 0 spiro atoms. The molecule has 1 atom stereocenters. The third-order valence-electron chi connectivity index (χ3n) is 4.74. The average molecular weight is 389 g/mol. The summed E-state index contributed by atoms with van der Waals surface area (Å²) in [7, 11) is 0. The quantitative estimate of drug-likeness (QED) is 0.622. The molecule has 3 aromatic rings. The smallest absolute Gasteiger partial charge is 0.266 e. The number of halogens is 2. The largest absolute Gasteiger partial charge is 0.338 e. The van der Waals surface area contributed by atoms with Crippen molar-refractivity contribution in [2.45, 2.75) is 39.2 Å². The number of aromatic nitrogens is 2. The van der Waals surface area contributed by atoms with E-state index >= 15 is 0 Å². The second kappa shape index (κ2) is 8.63. The van der Waals surface area contributed by atoms with Crippen molar-refractivity contribution >= 4 is 22.5 Å². The van der Waals surface area contributed by atoms with Crippen molar-refractivity contribution in [3.8, 4) is 5.69 Å². The lowest BCUT2D eigenvalue weighted by molar-refractivity contribution is -0.697. The van der Waals surface area contributed by atoms with E-state index in [-0.39, 0.29) is 16.6 Å². The van der Waals surface area contributed by atoms with Crippen LogP contribution in [0.5, 0.6) is 0 Å². The molecule has 27 heavy (non-hydrogen) atoms. The third kappa shape index (κ3) is 4.04. The fourth-order valence-electron chi connectivity index (χ4n) is 3.25. The fourth-order valence-corrected chi connectivity index (χ4v) is 3.42. The van der Waals surface area contributed by atoms with Crippen LogP contribution in [-0.2, 0) is 0 Å². The van der Waals surface area contributed by atoms with Crippen molar-refractivity contribution in [3.63, 3.8) is 0 Å². The van der Waals surface area contributed by atoms with Crippen LogP contribution in [0.25, 0.3) is 16.6 Å². The van der Waals surface area contributed by atoms with Gasteiger partial charge in [-0.15, -0.1) is 0 Å². The van der Waals surface area contributed by atoms with Gasteiger partial charge in [-0.25, -0.2) is 9.37 Å². The first-order valence-corrected chi connectivity index (χ1v) is 9.75. The van der Waals surface area contributed by atoms with Crippen LogP contribution in [-0.4, -0.2) is 16.1 Å². The minimum absolute atomic E-state index is 0.0125. The Morgan fingerprint density at radius 3 is 2.70 bits per heavy atom. The van der Waals surface area contributed by atoms with Gasteiger partial charge in [0.1, 0.15) is 11.9 Å². The van der Waals surface area contributed by atoms with E-state index in [0.717, 1.165) is 25.8 Å². The second-order valence-electron chi connectivity index (χ2n) is 6.62. The van der Waals surface area contributed by atoms with Crippen molar-refractivity contribution in [1.82, 2.24) is 9.55 Å².